The number of sulfonamides is 1. The minimum absolute atomic E-state index is 0.0158. The smallest absolute Gasteiger partial charge is 0.337 e. The second-order valence-electron chi connectivity index (χ2n) is 3.42. The normalized spacial score (nSPS) is 11.2. The van der Waals surface area contributed by atoms with Crippen LogP contribution < -0.4 is 4.72 Å². The molecule has 0 spiro atoms. The molecule has 5 nitrogen and oxygen atoms in total. The first-order valence-electron chi connectivity index (χ1n) is 4.89. The number of halogens is 1. The van der Waals surface area contributed by atoms with E-state index in [1.165, 1.54) is 18.2 Å². The zero-order valence-corrected chi connectivity index (χ0v) is 10.7. The maximum absolute atomic E-state index is 11.5. The number of rotatable bonds is 5. The second kappa shape index (κ2) is 5.37. The number of hydrogen-bond acceptors (Lipinski definition) is 3. The predicted octanol–water partition coefficient (Wildman–Crippen LogP) is 2.19. The van der Waals surface area contributed by atoms with Crippen LogP contribution in [0.15, 0.2) is 18.2 Å². The second-order valence-corrected chi connectivity index (χ2v) is 5.67. The van der Waals surface area contributed by atoms with E-state index in [-0.39, 0.29) is 22.0 Å². The maximum atomic E-state index is 11.5. The van der Waals surface area contributed by atoms with Crippen LogP contribution in [-0.4, -0.2) is 25.2 Å². The van der Waals surface area contributed by atoms with E-state index in [4.69, 9.17) is 16.7 Å². The summed E-state index contributed by atoms with van der Waals surface area (Å²) in [5.74, 6) is -1.22. The highest BCUT2D eigenvalue weighted by Gasteiger charge is 2.13. The van der Waals surface area contributed by atoms with Crippen molar-refractivity contribution in [3.8, 4) is 0 Å². The predicted molar refractivity (Wildman–Crippen MR) is 66.1 cm³/mol. The molecule has 1 aromatic carbocycles. The number of nitrogens with one attached hydrogen (secondary N) is 1. The molecule has 0 fully saturated rings. The van der Waals surface area contributed by atoms with Crippen LogP contribution in [0.4, 0.5) is 5.69 Å². The van der Waals surface area contributed by atoms with Crippen molar-refractivity contribution in [2.45, 2.75) is 13.3 Å². The van der Waals surface area contributed by atoms with Gasteiger partial charge in [0.25, 0.3) is 0 Å². The van der Waals surface area contributed by atoms with E-state index in [0.29, 0.717) is 6.42 Å². The van der Waals surface area contributed by atoms with E-state index in [9.17, 15) is 13.2 Å². The van der Waals surface area contributed by atoms with E-state index in [1.807, 2.05) is 0 Å². The number of carboxylic acids is 1. The van der Waals surface area contributed by atoms with Gasteiger partial charge in [-0.3, -0.25) is 4.72 Å². The van der Waals surface area contributed by atoms with Gasteiger partial charge in [0.05, 0.1) is 16.3 Å². The Morgan fingerprint density at radius 1 is 1.47 bits per heavy atom. The number of anilines is 1. The van der Waals surface area contributed by atoms with Crippen LogP contribution in [0, 0.1) is 0 Å². The molecular weight excluding hydrogens is 266 g/mol. The lowest BCUT2D eigenvalue weighted by Crippen LogP contribution is -2.16. The van der Waals surface area contributed by atoms with Crippen molar-refractivity contribution in [2.75, 3.05) is 10.5 Å². The molecule has 0 radical (unpaired) electrons. The molecular formula is C10H12ClNO4S. The molecule has 0 aromatic heterocycles. The maximum Gasteiger partial charge on any atom is 0.337 e. The molecule has 0 atom stereocenters. The Labute approximate surface area is 104 Å². The zero-order chi connectivity index (χ0) is 13.1. The summed E-state index contributed by atoms with van der Waals surface area (Å²) in [5.41, 5.74) is 0.0589. The fraction of sp³-hybridized carbons (Fsp3) is 0.300. The minimum atomic E-state index is -3.43. The van der Waals surface area contributed by atoms with Gasteiger partial charge in [0.15, 0.2) is 0 Å². The van der Waals surface area contributed by atoms with Gasteiger partial charge in [-0.25, -0.2) is 13.2 Å². The largest absolute Gasteiger partial charge is 0.478 e. The summed E-state index contributed by atoms with van der Waals surface area (Å²) in [6.45, 7) is 1.74. The van der Waals surface area contributed by atoms with Crippen molar-refractivity contribution < 1.29 is 18.3 Å². The molecule has 17 heavy (non-hydrogen) atoms. The quantitative estimate of drug-likeness (QED) is 0.864. The van der Waals surface area contributed by atoms with Gasteiger partial charge in [0.2, 0.25) is 10.0 Å². The van der Waals surface area contributed by atoms with E-state index in [2.05, 4.69) is 4.72 Å². The van der Waals surface area contributed by atoms with Crippen LogP contribution in [0.2, 0.25) is 5.02 Å². The van der Waals surface area contributed by atoms with Crippen LogP contribution in [0.25, 0.3) is 0 Å². The first-order valence-corrected chi connectivity index (χ1v) is 6.92. The van der Waals surface area contributed by atoms with Crippen LogP contribution in [0.1, 0.15) is 23.7 Å². The molecule has 0 aliphatic carbocycles. The Kier molecular flexibility index (Phi) is 4.36. The molecule has 0 aliphatic heterocycles. The van der Waals surface area contributed by atoms with Crippen molar-refractivity contribution in [2.24, 2.45) is 0 Å². The van der Waals surface area contributed by atoms with Gasteiger partial charge in [-0.2, -0.15) is 0 Å². The summed E-state index contributed by atoms with van der Waals surface area (Å²) in [7, 11) is -3.43. The van der Waals surface area contributed by atoms with Gasteiger partial charge < -0.3 is 5.11 Å². The van der Waals surface area contributed by atoms with Gasteiger partial charge in [-0.05, 0) is 24.6 Å². The third-order valence-electron chi connectivity index (χ3n) is 1.94. The van der Waals surface area contributed by atoms with Gasteiger partial charge >= 0.3 is 5.97 Å². The van der Waals surface area contributed by atoms with E-state index in [0.717, 1.165) is 0 Å². The fourth-order valence-corrected chi connectivity index (χ4v) is 2.58. The van der Waals surface area contributed by atoms with E-state index in [1.54, 1.807) is 6.92 Å². The molecule has 0 heterocycles. The molecule has 0 aliphatic rings. The molecule has 0 amide bonds. The molecule has 1 aromatic rings. The number of carbonyl (C=O) groups is 1. The molecule has 94 valence electrons. The highest BCUT2D eigenvalue weighted by Crippen LogP contribution is 2.21. The summed E-state index contributed by atoms with van der Waals surface area (Å²) in [6, 6.07) is 3.95. The van der Waals surface area contributed by atoms with Gasteiger partial charge in [-0.1, -0.05) is 18.5 Å². The molecule has 0 bridgehead atoms. The molecule has 2 N–H and O–H groups in total. The highest BCUT2D eigenvalue weighted by atomic mass is 35.5. The van der Waals surface area contributed by atoms with E-state index < -0.39 is 16.0 Å². The van der Waals surface area contributed by atoms with Crippen molar-refractivity contribution in [1.82, 2.24) is 0 Å². The molecule has 0 saturated carbocycles. The summed E-state index contributed by atoms with van der Waals surface area (Å²) < 4.78 is 25.2. The van der Waals surface area contributed by atoms with Crippen molar-refractivity contribution in [1.29, 1.82) is 0 Å². The SMILES string of the molecule is CCCS(=O)(=O)Nc1ccc(Cl)c(C(=O)O)c1. The van der Waals surface area contributed by atoms with Gasteiger partial charge in [0.1, 0.15) is 0 Å². The highest BCUT2D eigenvalue weighted by molar-refractivity contribution is 7.92. The number of aromatic carboxylic acids is 1. The first kappa shape index (κ1) is 13.8. The fourth-order valence-electron chi connectivity index (χ4n) is 1.25. The summed E-state index contributed by atoms with van der Waals surface area (Å²) in [6.07, 6.45) is 0.481. The standard InChI is InChI=1S/C10H12ClNO4S/c1-2-5-17(15,16)12-7-3-4-9(11)8(6-7)10(13)14/h3-4,6,12H,2,5H2,1H3,(H,13,14). The molecule has 1 rings (SSSR count). The Hall–Kier alpha value is -1.27. The van der Waals surface area contributed by atoms with E-state index >= 15 is 0 Å². The monoisotopic (exact) mass is 277 g/mol. The van der Waals surface area contributed by atoms with Crippen LogP contribution in [0.5, 0.6) is 0 Å². The number of hydrogen-bond donors (Lipinski definition) is 2. The Bertz CT molecular complexity index is 527. The van der Waals surface area contributed by atoms with Crippen LogP contribution >= 0.6 is 11.6 Å². The number of benzene rings is 1. The van der Waals surface area contributed by atoms with Crippen molar-refractivity contribution in [3.63, 3.8) is 0 Å². The third-order valence-corrected chi connectivity index (χ3v) is 3.76. The van der Waals surface area contributed by atoms with Crippen molar-refractivity contribution in [3.05, 3.63) is 28.8 Å². The van der Waals surface area contributed by atoms with Gasteiger partial charge in [-0.15, -0.1) is 0 Å². The zero-order valence-electron chi connectivity index (χ0n) is 9.10. The molecule has 0 saturated heterocycles. The summed E-state index contributed by atoms with van der Waals surface area (Å²) in [4.78, 5) is 10.8. The topological polar surface area (TPSA) is 83.5 Å². The van der Waals surface area contributed by atoms with Crippen LogP contribution in [0.3, 0.4) is 0 Å². The lowest BCUT2D eigenvalue weighted by molar-refractivity contribution is 0.0697. The summed E-state index contributed by atoms with van der Waals surface area (Å²) in [5, 5.41) is 8.90. The first-order chi connectivity index (χ1) is 7.85. The molecule has 7 heteroatoms. The Balaban J connectivity index is 3.02. The molecule has 0 unspecified atom stereocenters. The average Bonchev–Trinajstić information content (AvgIpc) is 2.20. The lowest BCUT2D eigenvalue weighted by atomic mass is 10.2. The van der Waals surface area contributed by atoms with Gasteiger partial charge in [0, 0.05) is 5.69 Å². The Morgan fingerprint density at radius 3 is 2.65 bits per heavy atom. The van der Waals surface area contributed by atoms with Crippen LogP contribution in [-0.2, 0) is 10.0 Å². The Morgan fingerprint density at radius 2 is 2.12 bits per heavy atom. The lowest BCUT2D eigenvalue weighted by Gasteiger charge is -2.08. The minimum Gasteiger partial charge on any atom is -0.478 e. The van der Waals surface area contributed by atoms with Crippen molar-refractivity contribution >= 4 is 33.3 Å². The number of carboxylic acid groups (broad SMARTS) is 1. The summed E-state index contributed by atoms with van der Waals surface area (Å²) >= 11 is 5.67. The average molecular weight is 278 g/mol. The third kappa shape index (κ3) is 3.90.